The molecule has 0 radical (unpaired) electrons. The minimum Gasteiger partial charge on any atom is -0.508 e. The Hall–Kier alpha value is -4.53. The monoisotopic (exact) mass is 603 g/mol. The molecule has 0 fully saturated rings. The molecule has 3 aromatic carbocycles. The number of aryl methyl sites for hydroxylation is 2. The second-order valence-corrected chi connectivity index (χ2v) is 12.1. The molecule has 9 nitrogen and oxygen atoms in total. The van der Waals surface area contributed by atoms with Gasteiger partial charge >= 0.3 is 6.09 Å². The van der Waals surface area contributed by atoms with Crippen LogP contribution >= 0.6 is 0 Å². The zero-order valence-electron chi connectivity index (χ0n) is 26.9. The average molecular weight is 604 g/mol. The predicted molar refractivity (Wildman–Crippen MR) is 172 cm³/mol. The largest absolute Gasteiger partial charge is 0.508 e. The molecule has 44 heavy (non-hydrogen) atoms. The second-order valence-electron chi connectivity index (χ2n) is 12.1. The van der Waals surface area contributed by atoms with E-state index in [-0.39, 0.29) is 18.2 Å². The third-order valence-corrected chi connectivity index (χ3v) is 7.30. The van der Waals surface area contributed by atoms with Crippen LogP contribution in [0.4, 0.5) is 10.5 Å². The summed E-state index contributed by atoms with van der Waals surface area (Å²) < 4.78 is 10.8. The molecule has 0 saturated carbocycles. The van der Waals surface area contributed by atoms with Crippen molar-refractivity contribution in [1.29, 1.82) is 0 Å². The van der Waals surface area contributed by atoms with Gasteiger partial charge in [-0.25, -0.2) is 4.79 Å². The van der Waals surface area contributed by atoms with Crippen molar-refractivity contribution < 1.29 is 29.0 Å². The van der Waals surface area contributed by atoms with E-state index in [1.165, 1.54) is 12.1 Å². The lowest BCUT2D eigenvalue weighted by atomic mass is 9.94. The molecule has 3 N–H and O–H groups in total. The van der Waals surface area contributed by atoms with Gasteiger partial charge in [-0.05, 0) is 101 Å². The van der Waals surface area contributed by atoms with Gasteiger partial charge < -0.3 is 30.1 Å². The second kappa shape index (κ2) is 14.8. The number of aromatic hydroxyl groups is 1. The first-order valence-electron chi connectivity index (χ1n) is 14.8. The normalized spacial score (nSPS) is 13.3. The smallest absolute Gasteiger partial charge is 0.408 e. The zero-order valence-corrected chi connectivity index (χ0v) is 26.9. The SMILES string of the molecule is CCC(C)N(C(=O)C(Cc1ccc(O)cc1)NC(=O)OC(C)(C)C)C(C(=O)Nc1ccc(OC)cc1)c1cc(C)ccc1C. The Balaban J connectivity index is 2.12. The number of nitrogens with zero attached hydrogens (tertiary/aromatic N) is 1. The van der Waals surface area contributed by atoms with E-state index in [1.54, 1.807) is 69.2 Å². The Kier molecular flexibility index (Phi) is 11.4. The molecule has 0 aromatic heterocycles. The number of phenolic OH excluding ortho intramolecular Hbond substituents is 1. The van der Waals surface area contributed by atoms with Crippen molar-refractivity contribution >= 4 is 23.6 Å². The van der Waals surface area contributed by atoms with E-state index in [9.17, 15) is 19.5 Å². The lowest BCUT2D eigenvalue weighted by Crippen LogP contribution is -2.55. The van der Waals surface area contributed by atoms with Crippen LogP contribution in [0.15, 0.2) is 66.7 Å². The molecule has 3 atom stereocenters. The maximum absolute atomic E-state index is 14.7. The molecule has 0 aliphatic heterocycles. The van der Waals surface area contributed by atoms with Gasteiger partial charge in [-0.1, -0.05) is 42.8 Å². The number of alkyl carbamates (subject to hydrolysis) is 1. The van der Waals surface area contributed by atoms with Gasteiger partial charge in [-0.3, -0.25) is 9.59 Å². The zero-order chi connectivity index (χ0) is 32.6. The Morgan fingerprint density at radius 3 is 2.16 bits per heavy atom. The topological polar surface area (TPSA) is 117 Å². The number of benzene rings is 3. The highest BCUT2D eigenvalue weighted by Gasteiger charge is 2.39. The summed E-state index contributed by atoms with van der Waals surface area (Å²) in [5.74, 6) is -0.0915. The third-order valence-electron chi connectivity index (χ3n) is 7.30. The van der Waals surface area contributed by atoms with E-state index in [1.807, 2.05) is 45.9 Å². The van der Waals surface area contributed by atoms with Crippen LogP contribution in [0.5, 0.6) is 11.5 Å². The van der Waals surface area contributed by atoms with Crippen molar-refractivity contribution in [1.82, 2.24) is 10.2 Å². The van der Waals surface area contributed by atoms with E-state index in [2.05, 4.69) is 10.6 Å². The summed E-state index contributed by atoms with van der Waals surface area (Å²) >= 11 is 0. The first-order valence-corrected chi connectivity index (χ1v) is 14.8. The molecule has 9 heteroatoms. The van der Waals surface area contributed by atoms with Crippen molar-refractivity contribution in [2.45, 2.75) is 85.0 Å². The molecule has 3 unspecified atom stereocenters. The van der Waals surface area contributed by atoms with Crippen LogP contribution in [0.25, 0.3) is 0 Å². The first kappa shape index (κ1) is 34.0. The summed E-state index contributed by atoms with van der Waals surface area (Å²) in [5.41, 5.74) is 2.96. The number of carbonyl (C=O) groups excluding carboxylic acids is 3. The van der Waals surface area contributed by atoms with Gasteiger partial charge in [0.05, 0.1) is 7.11 Å². The minimum absolute atomic E-state index is 0.0862. The number of ether oxygens (including phenoxy) is 2. The number of hydrogen-bond acceptors (Lipinski definition) is 6. The van der Waals surface area contributed by atoms with E-state index in [0.717, 1.165) is 11.1 Å². The number of anilines is 1. The van der Waals surface area contributed by atoms with Gasteiger partial charge in [0.2, 0.25) is 5.91 Å². The number of amides is 3. The minimum atomic E-state index is -1.07. The molecular formula is C35H45N3O6. The van der Waals surface area contributed by atoms with Gasteiger partial charge in [0.25, 0.3) is 5.91 Å². The lowest BCUT2D eigenvalue weighted by Gasteiger charge is -2.39. The van der Waals surface area contributed by atoms with Crippen molar-refractivity contribution in [3.63, 3.8) is 0 Å². The highest BCUT2D eigenvalue weighted by molar-refractivity contribution is 5.99. The van der Waals surface area contributed by atoms with Gasteiger partial charge in [0.15, 0.2) is 0 Å². The molecule has 0 spiro atoms. The molecular weight excluding hydrogens is 558 g/mol. The fourth-order valence-corrected chi connectivity index (χ4v) is 4.85. The van der Waals surface area contributed by atoms with Crippen LogP contribution in [-0.4, -0.2) is 52.7 Å². The Labute approximate surface area is 260 Å². The molecule has 0 aliphatic rings. The van der Waals surface area contributed by atoms with Crippen LogP contribution in [0.3, 0.4) is 0 Å². The van der Waals surface area contributed by atoms with Crippen LogP contribution < -0.4 is 15.4 Å². The maximum atomic E-state index is 14.7. The number of hydrogen-bond donors (Lipinski definition) is 3. The van der Waals surface area contributed by atoms with Gasteiger partial charge in [0.1, 0.15) is 29.2 Å². The van der Waals surface area contributed by atoms with E-state index in [0.29, 0.717) is 29.0 Å². The number of phenols is 1. The summed E-state index contributed by atoms with van der Waals surface area (Å²) in [7, 11) is 1.57. The number of carbonyl (C=O) groups is 3. The highest BCUT2D eigenvalue weighted by Crippen LogP contribution is 2.31. The van der Waals surface area contributed by atoms with Crippen LogP contribution in [0.1, 0.15) is 69.3 Å². The van der Waals surface area contributed by atoms with E-state index in [4.69, 9.17) is 9.47 Å². The Bertz CT molecular complexity index is 1430. The van der Waals surface area contributed by atoms with Crippen LogP contribution in [0.2, 0.25) is 0 Å². The van der Waals surface area contributed by atoms with Crippen molar-refractivity contribution in [3.8, 4) is 11.5 Å². The standard InChI is InChI=1S/C35H45N3O6/c1-9-24(4)38(33(41)30(37-34(42)44-35(5,6)7)21-25-12-16-27(39)17-13-25)31(29-20-22(2)10-11-23(29)3)32(40)36-26-14-18-28(43-8)19-15-26/h10-20,24,30-31,39H,9,21H2,1-8H3,(H,36,40)(H,37,42). The van der Waals surface area contributed by atoms with Gasteiger partial charge in [0, 0.05) is 18.2 Å². The quantitative estimate of drug-likeness (QED) is 0.232. The fourth-order valence-electron chi connectivity index (χ4n) is 4.85. The first-order chi connectivity index (χ1) is 20.7. The molecule has 0 heterocycles. The Morgan fingerprint density at radius 1 is 0.955 bits per heavy atom. The van der Waals surface area contributed by atoms with Crippen molar-refractivity contribution in [3.05, 3.63) is 89.0 Å². The molecule has 0 saturated heterocycles. The molecule has 3 aromatic rings. The van der Waals surface area contributed by atoms with E-state index >= 15 is 0 Å². The molecule has 236 valence electrons. The summed E-state index contributed by atoms with van der Waals surface area (Å²) in [6.07, 6.45) is -0.0728. The molecule has 0 bridgehead atoms. The molecule has 3 amide bonds. The summed E-state index contributed by atoms with van der Waals surface area (Å²) in [6.45, 7) is 12.9. The Morgan fingerprint density at radius 2 is 1.59 bits per heavy atom. The summed E-state index contributed by atoms with van der Waals surface area (Å²) in [6, 6.07) is 16.8. The average Bonchev–Trinajstić information content (AvgIpc) is 2.96. The lowest BCUT2D eigenvalue weighted by molar-refractivity contribution is -0.143. The fraction of sp³-hybridized carbons (Fsp3) is 0.400. The highest BCUT2D eigenvalue weighted by atomic mass is 16.6. The van der Waals surface area contributed by atoms with Crippen molar-refractivity contribution in [2.24, 2.45) is 0 Å². The number of nitrogens with one attached hydrogen (secondary N) is 2. The molecule has 3 rings (SSSR count). The number of methoxy groups -OCH3 is 1. The predicted octanol–water partition coefficient (Wildman–Crippen LogP) is 6.46. The van der Waals surface area contributed by atoms with Crippen LogP contribution in [-0.2, 0) is 20.7 Å². The van der Waals surface area contributed by atoms with E-state index < -0.39 is 35.6 Å². The summed E-state index contributed by atoms with van der Waals surface area (Å²) in [5, 5.41) is 15.6. The number of rotatable bonds is 11. The summed E-state index contributed by atoms with van der Waals surface area (Å²) in [4.78, 5) is 43.5. The third kappa shape index (κ3) is 9.23. The van der Waals surface area contributed by atoms with Gasteiger partial charge in [-0.15, -0.1) is 0 Å². The maximum Gasteiger partial charge on any atom is 0.408 e. The molecule has 0 aliphatic carbocycles. The van der Waals surface area contributed by atoms with Gasteiger partial charge in [-0.2, -0.15) is 0 Å². The van der Waals surface area contributed by atoms with Crippen LogP contribution in [0, 0.1) is 13.8 Å². The van der Waals surface area contributed by atoms with Crippen molar-refractivity contribution in [2.75, 3.05) is 12.4 Å².